The fourth-order valence-electron chi connectivity index (χ4n) is 1.27. The number of amides is 1. The van der Waals surface area contributed by atoms with Gasteiger partial charge in [-0.25, -0.2) is 0 Å². The van der Waals surface area contributed by atoms with Crippen molar-refractivity contribution in [3.63, 3.8) is 0 Å². The molecule has 4 N–H and O–H groups in total. The first-order valence-corrected chi connectivity index (χ1v) is 4.97. The van der Waals surface area contributed by atoms with E-state index < -0.39 is 0 Å². The van der Waals surface area contributed by atoms with Crippen LogP contribution >= 0.6 is 0 Å². The Morgan fingerprint density at radius 2 is 2.38 bits per heavy atom. The molecule has 0 fully saturated rings. The van der Waals surface area contributed by atoms with Gasteiger partial charge in [0.05, 0.1) is 12.5 Å². The maximum atomic E-state index is 11.5. The van der Waals surface area contributed by atoms with Crippen molar-refractivity contribution >= 4 is 11.6 Å². The maximum Gasteiger partial charge on any atom is 0.227 e. The monoisotopic (exact) mass is 224 g/mol. The number of benzene rings is 1. The predicted octanol–water partition coefficient (Wildman–Crippen LogP) is 0.694. The lowest BCUT2D eigenvalue weighted by molar-refractivity contribution is -0.118. The van der Waals surface area contributed by atoms with E-state index in [1.54, 1.807) is 12.1 Å². The van der Waals surface area contributed by atoms with Gasteiger partial charge in [0.25, 0.3) is 0 Å². The van der Waals surface area contributed by atoms with Crippen LogP contribution in [0.15, 0.2) is 24.3 Å². The number of anilines is 1. The van der Waals surface area contributed by atoms with Gasteiger partial charge in [-0.3, -0.25) is 4.79 Å². The summed E-state index contributed by atoms with van der Waals surface area (Å²) in [6.07, 6.45) is -0.0832. The number of hydrogen-bond donors (Lipinski definition) is 3. The number of aromatic hydroxyl groups is 1. The van der Waals surface area contributed by atoms with Gasteiger partial charge < -0.3 is 20.9 Å². The van der Waals surface area contributed by atoms with Crippen LogP contribution in [-0.4, -0.2) is 30.8 Å². The standard InChI is InChI=1S/C11H16N2O3/c1-16-10(7-12)6-11(15)13-8-3-2-4-9(14)5-8/h2-5,10,14H,6-7,12H2,1H3,(H,13,15). The molecule has 0 heterocycles. The lowest BCUT2D eigenvalue weighted by Gasteiger charge is -2.12. The second kappa shape index (κ2) is 6.09. The lowest BCUT2D eigenvalue weighted by atomic mass is 10.2. The summed E-state index contributed by atoms with van der Waals surface area (Å²) in [5.74, 6) is -0.0807. The Morgan fingerprint density at radius 3 is 2.94 bits per heavy atom. The number of nitrogens with two attached hydrogens (primary N) is 1. The van der Waals surface area contributed by atoms with E-state index in [0.29, 0.717) is 12.2 Å². The molecule has 5 nitrogen and oxygen atoms in total. The highest BCUT2D eigenvalue weighted by Crippen LogP contribution is 2.15. The van der Waals surface area contributed by atoms with E-state index in [4.69, 9.17) is 10.5 Å². The Morgan fingerprint density at radius 1 is 1.62 bits per heavy atom. The van der Waals surface area contributed by atoms with Crippen molar-refractivity contribution in [2.45, 2.75) is 12.5 Å². The molecule has 1 amide bonds. The van der Waals surface area contributed by atoms with Gasteiger partial charge in [-0.1, -0.05) is 6.07 Å². The molecular formula is C11H16N2O3. The van der Waals surface area contributed by atoms with Gasteiger partial charge in [0.1, 0.15) is 5.75 Å². The van der Waals surface area contributed by atoms with Crippen molar-refractivity contribution < 1.29 is 14.6 Å². The molecule has 0 bridgehead atoms. The van der Waals surface area contributed by atoms with Crippen LogP contribution in [0, 0.1) is 0 Å². The third-order valence-electron chi connectivity index (χ3n) is 2.14. The van der Waals surface area contributed by atoms with Crippen LogP contribution in [-0.2, 0) is 9.53 Å². The van der Waals surface area contributed by atoms with Crippen molar-refractivity contribution in [2.75, 3.05) is 19.0 Å². The third-order valence-corrected chi connectivity index (χ3v) is 2.14. The van der Waals surface area contributed by atoms with Gasteiger partial charge in [-0.05, 0) is 12.1 Å². The Hall–Kier alpha value is -1.59. The summed E-state index contributed by atoms with van der Waals surface area (Å²) in [7, 11) is 1.51. The number of phenols is 1. The van der Waals surface area contributed by atoms with E-state index in [-0.39, 0.29) is 24.2 Å². The van der Waals surface area contributed by atoms with Gasteiger partial charge in [0.2, 0.25) is 5.91 Å². The third kappa shape index (κ3) is 3.88. The normalized spacial score (nSPS) is 12.1. The summed E-state index contributed by atoms with van der Waals surface area (Å²) < 4.78 is 5.00. The number of carbonyl (C=O) groups is 1. The summed E-state index contributed by atoms with van der Waals surface area (Å²) in [6.45, 7) is 0.296. The maximum absolute atomic E-state index is 11.5. The fourth-order valence-corrected chi connectivity index (χ4v) is 1.27. The van der Waals surface area contributed by atoms with Gasteiger partial charge >= 0.3 is 0 Å². The number of methoxy groups -OCH3 is 1. The Kier molecular flexibility index (Phi) is 4.75. The molecule has 5 heteroatoms. The van der Waals surface area contributed by atoms with Crippen molar-refractivity contribution in [3.05, 3.63) is 24.3 Å². The molecule has 1 rings (SSSR count). The van der Waals surface area contributed by atoms with Crippen molar-refractivity contribution in [2.24, 2.45) is 5.73 Å². The minimum atomic E-state index is -0.280. The number of phenolic OH excluding ortho intramolecular Hbond substituents is 1. The number of nitrogens with one attached hydrogen (secondary N) is 1. The number of rotatable bonds is 5. The highest BCUT2D eigenvalue weighted by atomic mass is 16.5. The zero-order valence-corrected chi connectivity index (χ0v) is 9.14. The van der Waals surface area contributed by atoms with E-state index in [0.717, 1.165) is 0 Å². The highest BCUT2D eigenvalue weighted by Gasteiger charge is 2.11. The number of carbonyl (C=O) groups excluding carboxylic acids is 1. The molecule has 16 heavy (non-hydrogen) atoms. The quantitative estimate of drug-likeness (QED) is 0.687. The zero-order valence-electron chi connectivity index (χ0n) is 9.14. The van der Waals surface area contributed by atoms with Crippen LogP contribution in [0.25, 0.3) is 0 Å². The molecule has 88 valence electrons. The van der Waals surface area contributed by atoms with Gasteiger partial charge in [-0.2, -0.15) is 0 Å². The molecule has 0 aliphatic heterocycles. The molecule has 1 aromatic rings. The number of ether oxygens (including phenoxy) is 1. The van der Waals surface area contributed by atoms with Crippen molar-refractivity contribution in [1.29, 1.82) is 0 Å². The van der Waals surface area contributed by atoms with Crippen LogP contribution < -0.4 is 11.1 Å². The van der Waals surface area contributed by atoms with Crippen LogP contribution in [0.3, 0.4) is 0 Å². The van der Waals surface area contributed by atoms with Gasteiger partial charge in [0, 0.05) is 25.4 Å². The summed E-state index contributed by atoms with van der Waals surface area (Å²) in [6, 6.07) is 6.36. The van der Waals surface area contributed by atoms with Crippen LogP contribution in [0.4, 0.5) is 5.69 Å². The first kappa shape index (κ1) is 12.5. The van der Waals surface area contributed by atoms with E-state index in [2.05, 4.69) is 5.32 Å². The van der Waals surface area contributed by atoms with Crippen molar-refractivity contribution in [3.8, 4) is 5.75 Å². The van der Waals surface area contributed by atoms with Gasteiger partial charge in [0.15, 0.2) is 0 Å². The summed E-state index contributed by atoms with van der Waals surface area (Å²) >= 11 is 0. The molecule has 0 radical (unpaired) electrons. The average Bonchev–Trinajstić information content (AvgIpc) is 2.26. The van der Waals surface area contributed by atoms with Crippen molar-refractivity contribution in [1.82, 2.24) is 0 Å². The first-order chi connectivity index (χ1) is 7.65. The second-order valence-electron chi connectivity index (χ2n) is 3.40. The van der Waals surface area contributed by atoms with E-state index in [1.165, 1.54) is 19.2 Å². The van der Waals surface area contributed by atoms with E-state index >= 15 is 0 Å². The van der Waals surface area contributed by atoms with Gasteiger partial charge in [-0.15, -0.1) is 0 Å². The van der Waals surface area contributed by atoms with Crippen LogP contribution in [0.1, 0.15) is 6.42 Å². The molecular weight excluding hydrogens is 208 g/mol. The molecule has 0 saturated heterocycles. The highest BCUT2D eigenvalue weighted by molar-refractivity contribution is 5.91. The Bertz CT molecular complexity index is 351. The molecule has 0 saturated carbocycles. The van der Waals surface area contributed by atoms with E-state index in [9.17, 15) is 9.90 Å². The smallest absolute Gasteiger partial charge is 0.227 e. The van der Waals surface area contributed by atoms with E-state index in [1.807, 2.05) is 0 Å². The molecule has 1 aromatic carbocycles. The predicted molar refractivity (Wildman–Crippen MR) is 61.2 cm³/mol. The molecule has 1 atom stereocenters. The summed E-state index contributed by atoms with van der Waals surface area (Å²) in [5.41, 5.74) is 5.96. The fraction of sp³-hybridized carbons (Fsp3) is 0.364. The molecule has 0 spiro atoms. The SMILES string of the molecule is COC(CN)CC(=O)Nc1cccc(O)c1. The van der Waals surface area contributed by atoms with Crippen LogP contribution in [0.2, 0.25) is 0 Å². The second-order valence-corrected chi connectivity index (χ2v) is 3.40. The summed E-state index contributed by atoms with van der Waals surface area (Å²) in [5, 5.41) is 11.9. The molecule has 0 aliphatic carbocycles. The number of hydrogen-bond acceptors (Lipinski definition) is 4. The topological polar surface area (TPSA) is 84.6 Å². The Labute approximate surface area is 94.2 Å². The molecule has 0 aliphatic rings. The minimum Gasteiger partial charge on any atom is -0.508 e. The first-order valence-electron chi connectivity index (χ1n) is 4.97. The largest absolute Gasteiger partial charge is 0.508 e. The minimum absolute atomic E-state index is 0.111. The zero-order chi connectivity index (χ0) is 12.0. The lowest BCUT2D eigenvalue weighted by Crippen LogP contribution is -2.28. The van der Waals surface area contributed by atoms with Crippen LogP contribution in [0.5, 0.6) is 5.75 Å². The average molecular weight is 224 g/mol. The summed E-state index contributed by atoms with van der Waals surface area (Å²) in [4.78, 5) is 11.5. The Balaban J connectivity index is 2.51. The molecule has 0 aromatic heterocycles. The molecule has 1 unspecified atom stereocenters.